The minimum Gasteiger partial charge on any atom is -0.497 e. The Morgan fingerprint density at radius 2 is 1.54 bits per heavy atom. The van der Waals surface area contributed by atoms with Crippen molar-refractivity contribution in [2.24, 2.45) is 4.99 Å². The minimum atomic E-state index is -4.69. The number of methoxy groups -OCH3 is 2. The van der Waals surface area contributed by atoms with Gasteiger partial charge in [0.2, 0.25) is 0 Å². The van der Waals surface area contributed by atoms with Gasteiger partial charge < -0.3 is 14.8 Å². The molecule has 0 atom stereocenters. The largest absolute Gasteiger partial charge is 0.497 e. The number of thiazole rings is 1. The average molecular weight is 575 g/mol. The van der Waals surface area contributed by atoms with Crippen LogP contribution < -0.4 is 14.8 Å². The average Bonchev–Trinajstić information content (AvgIpc) is 3.43. The van der Waals surface area contributed by atoms with Crippen LogP contribution in [0, 0.1) is 0 Å². The summed E-state index contributed by atoms with van der Waals surface area (Å²) in [6.45, 7) is 1.77. The number of hydrogen-bond donors (Lipinski definition) is 1. The van der Waals surface area contributed by atoms with Crippen LogP contribution in [0.2, 0.25) is 5.02 Å². The highest BCUT2D eigenvalue weighted by Gasteiger charge is 2.34. The van der Waals surface area contributed by atoms with Crippen molar-refractivity contribution in [1.29, 1.82) is 0 Å². The molecular weight excluding hydrogens is 553 g/mol. The van der Waals surface area contributed by atoms with Crippen molar-refractivity contribution in [2.75, 3.05) is 19.5 Å². The zero-order valence-corrected chi connectivity index (χ0v) is 22.5. The number of nitrogens with zero attached hydrogens (tertiary/aromatic N) is 3. The summed E-state index contributed by atoms with van der Waals surface area (Å²) in [5.41, 5.74) is 1.29. The third-order valence-electron chi connectivity index (χ3n) is 5.63. The number of carbonyl (C=O) groups is 1. The molecule has 2 aromatic heterocycles. The number of halogens is 4. The van der Waals surface area contributed by atoms with Crippen LogP contribution >= 0.6 is 22.9 Å². The van der Waals surface area contributed by atoms with Crippen LogP contribution in [0.15, 0.2) is 72.0 Å². The highest BCUT2D eigenvalue weighted by molar-refractivity contribution is 7.15. The molecule has 0 radical (unpaired) electrons. The number of anilines is 1. The Bertz CT molecular complexity index is 1440. The van der Waals surface area contributed by atoms with Crippen molar-refractivity contribution in [3.05, 3.63) is 98.6 Å². The maximum absolute atomic E-state index is 13.1. The molecule has 1 N–H and O–H groups in total. The summed E-state index contributed by atoms with van der Waals surface area (Å²) in [5.74, 6) is 0.481. The quantitative estimate of drug-likeness (QED) is 0.227. The molecule has 4 aromatic rings. The Morgan fingerprint density at radius 3 is 2.05 bits per heavy atom. The van der Waals surface area contributed by atoms with E-state index in [1.807, 2.05) is 48.5 Å². The number of carbonyl (C=O) groups excluding carboxylic acids is 1. The van der Waals surface area contributed by atoms with Crippen LogP contribution in [0.3, 0.4) is 0 Å². The van der Waals surface area contributed by atoms with Crippen molar-refractivity contribution in [3.63, 3.8) is 0 Å². The lowest BCUT2D eigenvalue weighted by Crippen LogP contribution is -2.13. The zero-order valence-electron chi connectivity index (χ0n) is 20.9. The molecule has 0 aliphatic rings. The SMILES string of the molecule is COc1ccc(C(/N=C(\C)c2ncc(C(=O)Nc3cc(C(F)(F)F)c(Cl)cn3)s2)c2ccc(OC)cc2)cc1. The van der Waals surface area contributed by atoms with Gasteiger partial charge in [-0.15, -0.1) is 11.3 Å². The molecule has 4 rings (SSSR count). The third-order valence-corrected chi connectivity index (χ3v) is 7.03. The van der Waals surface area contributed by atoms with E-state index in [9.17, 15) is 18.0 Å². The van der Waals surface area contributed by atoms with Crippen LogP contribution in [0.25, 0.3) is 0 Å². The second-order valence-corrected chi connectivity index (χ2v) is 9.63. The number of rotatable bonds is 8. The van der Waals surface area contributed by atoms with Gasteiger partial charge in [-0.3, -0.25) is 9.79 Å². The fourth-order valence-corrected chi connectivity index (χ4v) is 4.59. The molecule has 202 valence electrons. The summed E-state index contributed by atoms with van der Waals surface area (Å²) in [6.07, 6.45) is -2.51. The van der Waals surface area contributed by atoms with E-state index in [1.54, 1.807) is 21.1 Å². The lowest BCUT2D eigenvalue weighted by atomic mass is 9.99. The molecule has 7 nitrogen and oxygen atoms in total. The summed E-state index contributed by atoms with van der Waals surface area (Å²) in [7, 11) is 3.18. The Hall–Kier alpha value is -3.96. The van der Waals surface area contributed by atoms with E-state index < -0.39 is 22.7 Å². The highest BCUT2D eigenvalue weighted by atomic mass is 35.5. The van der Waals surface area contributed by atoms with Crippen LogP contribution in [0.5, 0.6) is 11.5 Å². The van der Waals surface area contributed by atoms with Gasteiger partial charge in [-0.05, 0) is 48.4 Å². The van der Waals surface area contributed by atoms with Gasteiger partial charge in [-0.1, -0.05) is 35.9 Å². The number of amides is 1. The van der Waals surface area contributed by atoms with Crippen LogP contribution in [-0.2, 0) is 6.18 Å². The summed E-state index contributed by atoms with van der Waals surface area (Å²) in [4.78, 5) is 25.9. The van der Waals surface area contributed by atoms with Gasteiger partial charge in [0, 0.05) is 6.20 Å². The molecule has 0 unspecified atom stereocenters. The van der Waals surface area contributed by atoms with Crippen molar-refractivity contribution in [2.45, 2.75) is 19.1 Å². The fourth-order valence-electron chi connectivity index (χ4n) is 3.61. The number of aliphatic imine (C=N–C) groups is 1. The third kappa shape index (κ3) is 6.73. The van der Waals surface area contributed by atoms with Crippen LogP contribution in [0.1, 0.15) is 44.3 Å². The molecule has 39 heavy (non-hydrogen) atoms. The first kappa shape index (κ1) is 28.1. The number of aromatic nitrogens is 2. The van der Waals surface area contributed by atoms with E-state index in [2.05, 4.69) is 15.3 Å². The number of benzene rings is 2. The topological polar surface area (TPSA) is 85.7 Å². The molecule has 0 aliphatic carbocycles. The molecular formula is C27H22ClF3N4O3S. The standard InChI is InChI=1S/C27H22ClF3N4O3S/c1-15(34-24(16-4-8-18(37-2)9-5-16)17-6-10-19(38-3)11-7-17)26-33-14-22(39-26)25(36)35-23-12-20(27(29,30)31)21(28)13-32-23/h4-14,24H,1-3H3,(H,32,35,36)/b34-15+. The molecule has 0 fully saturated rings. The lowest BCUT2D eigenvalue weighted by Gasteiger charge is -2.16. The van der Waals surface area contributed by atoms with Gasteiger partial charge in [0.25, 0.3) is 5.91 Å². The predicted octanol–water partition coefficient (Wildman–Crippen LogP) is 7.08. The second kappa shape index (κ2) is 11.8. The molecule has 2 aromatic carbocycles. The highest BCUT2D eigenvalue weighted by Crippen LogP contribution is 2.35. The van der Waals surface area contributed by atoms with E-state index in [0.29, 0.717) is 28.3 Å². The molecule has 0 saturated carbocycles. The van der Waals surface area contributed by atoms with Crippen LogP contribution in [0.4, 0.5) is 19.0 Å². The van der Waals surface area contributed by atoms with E-state index in [1.165, 1.54) is 6.20 Å². The molecule has 0 aliphatic heterocycles. The Kier molecular flexibility index (Phi) is 8.51. The molecule has 0 spiro atoms. The summed E-state index contributed by atoms with van der Waals surface area (Å²) in [6, 6.07) is 15.3. The fraction of sp³-hybridized carbons (Fsp3) is 0.185. The van der Waals surface area contributed by atoms with Gasteiger partial charge >= 0.3 is 6.18 Å². The van der Waals surface area contributed by atoms with Crippen molar-refractivity contribution in [1.82, 2.24) is 9.97 Å². The Morgan fingerprint density at radius 1 is 0.974 bits per heavy atom. The van der Waals surface area contributed by atoms with Crippen molar-refractivity contribution in [3.8, 4) is 11.5 Å². The predicted molar refractivity (Wildman–Crippen MR) is 144 cm³/mol. The van der Waals surface area contributed by atoms with E-state index in [0.717, 1.165) is 28.7 Å². The minimum absolute atomic E-state index is 0.176. The number of pyridine rings is 1. The maximum Gasteiger partial charge on any atom is 0.418 e. The van der Waals surface area contributed by atoms with Crippen LogP contribution in [-0.4, -0.2) is 35.8 Å². The van der Waals surface area contributed by atoms with E-state index >= 15 is 0 Å². The number of nitrogens with one attached hydrogen (secondary N) is 1. The number of ether oxygens (including phenoxy) is 2. The van der Waals surface area contributed by atoms with Gasteiger partial charge in [0.15, 0.2) is 0 Å². The maximum atomic E-state index is 13.1. The van der Waals surface area contributed by atoms with Gasteiger partial charge in [0.05, 0.1) is 36.7 Å². The summed E-state index contributed by atoms with van der Waals surface area (Å²) >= 11 is 6.66. The van der Waals surface area contributed by atoms with Crippen molar-refractivity contribution >= 4 is 40.4 Å². The summed E-state index contributed by atoms with van der Waals surface area (Å²) in [5, 5.41) is 2.28. The summed E-state index contributed by atoms with van der Waals surface area (Å²) < 4.78 is 50.0. The second-order valence-electron chi connectivity index (χ2n) is 8.19. The zero-order chi connectivity index (χ0) is 28.2. The molecule has 0 bridgehead atoms. The Balaban J connectivity index is 1.60. The lowest BCUT2D eigenvalue weighted by molar-refractivity contribution is -0.137. The molecule has 2 heterocycles. The molecule has 0 saturated heterocycles. The Labute approximate surface area is 231 Å². The number of hydrogen-bond acceptors (Lipinski definition) is 7. The normalized spacial score (nSPS) is 11.9. The van der Waals surface area contributed by atoms with E-state index in [-0.39, 0.29) is 16.7 Å². The first-order valence-electron chi connectivity index (χ1n) is 11.4. The molecule has 12 heteroatoms. The van der Waals surface area contributed by atoms with Gasteiger partial charge in [-0.25, -0.2) is 9.97 Å². The van der Waals surface area contributed by atoms with Crippen molar-refractivity contribution < 1.29 is 27.4 Å². The van der Waals surface area contributed by atoms with Gasteiger partial charge in [-0.2, -0.15) is 13.2 Å². The first-order chi connectivity index (χ1) is 18.6. The first-order valence-corrected chi connectivity index (χ1v) is 12.6. The number of alkyl halides is 3. The smallest absolute Gasteiger partial charge is 0.418 e. The van der Waals surface area contributed by atoms with Gasteiger partial charge in [0.1, 0.15) is 33.2 Å². The molecule has 1 amide bonds. The van der Waals surface area contributed by atoms with E-state index in [4.69, 9.17) is 26.1 Å². The monoisotopic (exact) mass is 574 g/mol.